The molecule has 0 amide bonds. The molecule has 0 unspecified atom stereocenters. The van der Waals surface area contributed by atoms with Crippen molar-refractivity contribution in [1.29, 1.82) is 0 Å². The number of carbonyl (C=O) groups is 2. The van der Waals surface area contributed by atoms with Gasteiger partial charge in [0.25, 0.3) is 6.47 Å². The zero-order chi connectivity index (χ0) is 19.2. The first-order chi connectivity index (χ1) is 12.4. The van der Waals surface area contributed by atoms with Crippen molar-refractivity contribution in [3.63, 3.8) is 0 Å². The lowest BCUT2D eigenvalue weighted by molar-refractivity contribution is -0.149. The minimum atomic E-state index is -4.05. The Labute approximate surface area is 152 Å². The van der Waals surface area contributed by atoms with Gasteiger partial charge in [-0.2, -0.15) is 4.72 Å². The van der Waals surface area contributed by atoms with Crippen LogP contribution in [0.4, 0.5) is 0 Å². The molecule has 2 rings (SSSR count). The van der Waals surface area contributed by atoms with E-state index < -0.39 is 28.1 Å². The Morgan fingerprint density at radius 1 is 1.08 bits per heavy atom. The van der Waals surface area contributed by atoms with Gasteiger partial charge in [-0.15, -0.1) is 0 Å². The minimum absolute atomic E-state index is 0.0186. The van der Waals surface area contributed by atoms with E-state index in [1.54, 1.807) is 42.5 Å². The fourth-order valence-corrected chi connectivity index (χ4v) is 3.55. The topological polar surface area (TPSA) is 98.8 Å². The van der Waals surface area contributed by atoms with Gasteiger partial charge >= 0.3 is 5.97 Å². The van der Waals surface area contributed by atoms with Crippen LogP contribution in [0, 0.1) is 6.92 Å². The Hall–Kier alpha value is -2.71. The van der Waals surface area contributed by atoms with Gasteiger partial charge in [-0.05, 0) is 24.6 Å². The van der Waals surface area contributed by atoms with Gasteiger partial charge in [0, 0.05) is 0 Å². The third-order valence-corrected chi connectivity index (χ3v) is 5.16. The summed E-state index contributed by atoms with van der Waals surface area (Å²) in [6, 6.07) is 13.0. The second kappa shape index (κ2) is 8.59. The Balaban J connectivity index is 2.41. The second-order valence-corrected chi connectivity index (χ2v) is 7.21. The van der Waals surface area contributed by atoms with Crippen molar-refractivity contribution in [2.24, 2.45) is 0 Å². The van der Waals surface area contributed by atoms with Gasteiger partial charge in [-0.1, -0.05) is 48.0 Å². The average Bonchev–Trinajstić information content (AvgIpc) is 2.65. The van der Waals surface area contributed by atoms with Crippen LogP contribution in [-0.4, -0.2) is 34.0 Å². The molecule has 0 aliphatic rings. The van der Waals surface area contributed by atoms with Gasteiger partial charge in [-0.25, -0.2) is 8.42 Å². The molecule has 7 nitrogen and oxygen atoms in total. The Morgan fingerprint density at radius 2 is 1.69 bits per heavy atom. The number of aryl methyl sites for hydroxylation is 1. The summed E-state index contributed by atoms with van der Waals surface area (Å²) >= 11 is 0. The molecule has 2 aromatic rings. The van der Waals surface area contributed by atoms with E-state index in [0.717, 1.165) is 12.7 Å². The number of hydrogen-bond donors (Lipinski definition) is 1. The zero-order valence-corrected chi connectivity index (χ0v) is 15.1. The smallest absolute Gasteiger partial charge is 0.328 e. The molecule has 26 heavy (non-hydrogen) atoms. The van der Waals surface area contributed by atoms with Gasteiger partial charge in [0.05, 0.1) is 12.0 Å². The number of esters is 1. The SMILES string of the molecule is COC(=O)[C@@H](NS(=O)(=O)c1ccc(C)cc1)[C@H](OC=O)c1ccccc1. The average molecular weight is 377 g/mol. The summed E-state index contributed by atoms with van der Waals surface area (Å²) in [5, 5.41) is 0. The molecular weight excluding hydrogens is 358 g/mol. The van der Waals surface area contributed by atoms with E-state index >= 15 is 0 Å². The van der Waals surface area contributed by atoms with Crippen molar-refractivity contribution >= 4 is 22.5 Å². The summed E-state index contributed by atoms with van der Waals surface area (Å²) < 4.78 is 37.3. The van der Waals surface area contributed by atoms with Crippen LogP contribution in [0.25, 0.3) is 0 Å². The summed E-state index contributed by atoms with van der Waals surface area (Å²) in [4.78, 5) is 23.1. The first-order valence-corrected chi connectivity index (χ1v) is 9.18. The molecule has 0 aromatic heterocycles. The highest BCUT2D eigenvalue weighted by Crippen LogP contribution is 2.23. The molecule has 0 saturated heterocycles. The lowest BCUT2D eigenvalue weighted by Gasteiger charge is -2.24. The number of rotatable bonds is 8. The van der Waals surface area contributed by atoms with E-state index in [4.69, 9.17) is 9.47 Å². The van der Waals surface area contributed by atoms with Crippen LogP contribution in [0.1, 0.15) is 17.2 Å². The maximum absolute atomic E-state index is 12.7. The summed E-state index contributed by atoms with van der Waals surface area (Å²) in [5.41, 5.74) is 1.33. The number of hydrogen-bond acceptors (Lipinski definition) is 6. The number of benzene rings is 2. The van der Waals surface area contributed by atoms with Gasteiger partial charge in [0.1, 0.15) is 0 Å². The largest absolute Gasteiger partial charge is 0.468 e. The van der Waals surface area contributed by atoms with Gasteiger partial charge in [0.2, 0.25) is 10.0 Å². The van der Waals surface area contributed by atoms with Gasteiger partial charge < -0.3 is 9.47 Å². The molecule has 138 valence electrons. The first kappa shape index (κ1) is 19.6. The lowest BCUT2D eigenvalue weighted by Crippen LogP contribution is -2.46. The predicted octanol–water partition coefficient (Wildman–Crippen LogP) is 1.73. The Bertz CT molecular complexity index is 849. The maximum atomic E-state index is 12.7. The standard InChI is InChI=1S/C18H19NO6S/c1-13-8-10-15(11-9-13)26(22,23)19-16(18(21)24-2)17(25-12-20)14-6-4-3-5-7-14/h3-12,16-17,19H,1-2H3/t16-,17+/m0/s1. The summed E-state index contributed by atoms with van der Waals surface area (Å²) in [5.74, 6) is -0.878. The summed E-state index contributed by atoms with van der Waals surface area (Å²) in [6.07, 6.45) is -1.18. The molecule has 0 fully saturated rings. The van der Waals surface area contributed by atoms with Crippen molar-refractivity contribution < 1.29 is 27.5 Å². The molecule has 2 aromatic carbocycles. The number of nitrogens with one attached hydrogen (secondary N) is 1. The first-order valence-electron chi connectivity index (χ1n) is 7.70. The number of carbonyl (C=O) groups excluding carboxylic acids is 2. The predicted molar refractivity (Wildman–Crippen MR) is 93.6 cm³/mol. The van der Waals surface area contributed by atoms with E-state index in [1.807, 2.05) is 6.92 Å². The molecule has 0 heterocycles. The van der Waals surface area contributed by atoms with E-state index in [0.29, 0.717) is 5.56 Å². The zero-order valence-electron chi connectivity index (χ0n) is 14.3. The third kappa shape index (κ3) is 4.68. The second-order valence-electron chi connectivity index (χ2n) is 5.50. The van der Waals surface area contributed by atoms with Crippen LogP contribution < -0.4 is 4.72 Å². The van der Waals surface area contributed by atoms with E-state index in [-0.39, 0.29) is 11.4 Å². The maximum Gasteiger partial charge on any atom is 0.328 e. The normalized spacial score (nSPS) is 13.5. The van der Waals surface area contributed by atoms with Crippen LogP contribution in [0.2, 0.25) is 0 Å². The van der Waals surface area contributed by atoms with E-state index in [9.17, 15) is 18.0 Å². The van der Waals surface area contributed by atoms with Crippen LogP contribution in [0.15, 0.2) is 59.5 Å². The van der Waals surface area contributed by atoms with Crippen molar-refractivity contribution in [3.05, 3.63) is 65.7 Å². The molecular formula is C18H19NO6S. The molecule has 0 radical (unpaired) electrons. The van der Waals surface area contributed by atoms with Crippen molar-refractivity contribution in [1.82, 2.24) is 4.72 Å². The van der Waals surface area contributed by atoms with Crippen LogP contribution >= 0.6 is 0 Å². The number of ether oxygens (including phenoxy) is 2. The molecule has 0 bridgehead atoms. The fraction of sp³-hybridized carbons (Fsp3) is 0.222. The van der Waals surface area contributed by atoms with Crippen LogP contribution in [0.3, 0.4) is 0 Å². The molecule has 8 heteroatoms. The summed E-state index contributed by atoms with van der Waals surface area (Å²) in [6.45, 7) is 1.98. The lowest BCUT2D eigenvalue weighted by atomic mass is 10.0. The quantitative estimate of drug-likeness (QED) is 0.556. The monoisotopic (exact) mass is 377 g/mol. The molecule has 0 aliphatic heterocycles. The minimum Gasteiger partial charge on any atom is -0.468 e. The highest BCUT2D eigenvalue weighted by Gasteiger charge is 2.36. The fourth-order valence-electron chi connectivity index (χ4n) is 2.37. The van der Waals surface area contributed by atoms with E-state index in [2.05, 4.69) is 4.72 Å². The highest BCUT2D eigenvalue weighted by atomic mass is 32.2. The van der Waals surface area contributed by atoms with Gasteiger partial charge in [-0.3, -0.25) is 9.59 Å². The van der Waals surface area contributed by atoms with Crippen molar-refractivity contribution in [2.75, 3.05) is 7.11 Å². The van der Waals surface area contributed by atoms with Crippen LogP contribution in [0.5, 0.6) is 0 Å². The Morgan fingerprint density at radius 3 is 2.23 bits per heavy atom. The molecule has 1 N–H and O–H groups in total. The summed E-state index contributed by atoms with van der Waals surface area (Å²) in [7, 11) is -2.93. The van der Waals surface area contributed by atoms with Crippen LogP contribution in [-0.2, 0) is 29.1 Å². The van der Waals surface area contributed by atoms with Gasteiger partial charge in [0.15, 0.2) is 12.1 Å². The number of sulfonamides is 1. The van der Waals surface area contributed by atoms with Crippen molar-refractivity contribution in [2.45, 2.75) is 24.0 Å². The molecule has 2 atom stereocenters. The molecule has 0 aliphatic carbocycles. The molecule has 0 spiro atoms. The molecule has 0 saturated carbocycles. The Kier molecular flexibility index (Phi) is 6.48. The highest BCUT2D eigenvalue weighted by molar-refractivity contribution is 7.89. The van der Waals surface area contributed by atoms with Crippen molar-refractivity contribution in [3.8, 4) is 0 Å². The third-order valence-electron chi connectivity index (χ3n) is 3.70. The number of methoxy groups -OCH3 is 1. The van der Waals surface area contributed by atoms with E-state index in [1.165, 1.54) is 12.1 Å².